The third-order valence-corrected chi connectivity index (χ3v) is 12.7. The van der Waals surface area contributed by atoms with Crippen molar-refractivity contribution in [2.45, 2.75) is 47.3 Å². The van der Waals surface area contributed by atoms with Crippen LogP contribution in [0.4, 0.5) is 11.4 Å². The second-order valence-electron chi connectivity index (χ2n) is 14.6. The van der Waals surface area contributed by atoms with Gasteiger partial charge in [-0.15, -0.1) is 19.6 Å². The fourth-order valence-electron chi connectivity index (χ4n) is 5.69. The molecule has 0 saturated heterocycles. The van der Waals surface area contributed by atoms with Gasteiger partial charge in [0.15, 0.2) is 0 Å². The Morgan fingerprint density at radius 3 is 0.914 bits per heavy atom. The maximum absolute atomic E-state index is 11.4. The quantitative estimate of drug-likeness (QED) is 0.0452. The largest absolute Gasteiger partial charge is 3.00 e. The first kappa shape index (κ1) is 48.4. The Morgan fingerprint density at radius 1 is 0.448 bits per heavy atom. The van der Waals surface area contributed by atoms with Gasteiger partial charge < -0.3 is 16.8 Å². The molecule has 0 atom stereocenters. The average Bonchev–Trinajstić information content (AvgIpc) is 3.17. The Kier molecular flexibility index (Phi) is 20.7. The Morgan fingerprint density at radius 2 is 0.672 bits per heavy atom. The molecule has 8 heteroatoms. The van der Waals surface area contributed by atoms with Crippen molar-refractivity contribution in [3.8, 4) is 0 Å². The molecular formula is C50H53LuN2O2P2Si. The molecule has 6 aromatic rings. The molecule has 0 aromatic heterocycles. The van der Waals surface area contributed by atoms with Gasteiger partial charge in [0.05, 0.1) is 11.4 Å². The van der Waals surface area contributed by atoms with Crippen LogP contribution in [-0.4, -0.2) is 19.5 Å². The fraction of sp³-hybridized carbons (Fsp3) is 0.140. The molecule has 304 valence electrons. The number of rotatable bonds is 10. The number of hydrogen-bond donors (Lipinski definition) is 0. The summed E-state index contributed by atoms with van der Waals surface area (Å²) in [6, 6.07) is 58.6. The molecule has 0 radical (unpaired) electrons. The summed E-state index contributed by atoms with van der Waals surface area (Å²) in [5.41, 5.74) is 3.28. The predicted octanol–water partition coefficient (Wildman–Crippen LogP) is 9.30. The van der Waals surface area contributed by atoms with Crippen molar-refractivity contribution in [2.24, 2.45) is 9.98 Å². The summed E-state index contributed by atoms with van der Waals surface area (Å²) in [5, 5.41) is 30.3. The first-order valence-corrected chi connectivity index (χ1v) is 25.3. The maximum Gasteiger partial charge on any atom is 3.00 e. The molecule has 6 aromatic carbocycles. The minimum absolute atomic E-state index is 0. The van der Waals surface area contributed by atoms with Crippen molar-refractivity contribution in [1.29, 1.82) is 0 Å². The van der Waals surface area contributed by atoms with E-state index in [1.807, 2.05) is 62.4 Å². The van der Waals surface area contributed by atoms with E-state index < -0.39 is 23.9 Å². The Bertz CT molecular complexity index is 2010. The van der Waals surface area contributed by atoms with Crippen LogP contribution in [-0.2, 0) is 0 Å². The van der Waals surface area contributed by atoms with Crippen molar-refractivity contribution >= 4 is 78.5 Å². The van der Waals surface area contributed by atoms with Gasteiger partial charge in [-0.1, -0.05) is 203 Å². The molecule has 0 bridgehead atoms. The number of para-hydroxylation sites is 2. The Hall–Kier alpha value is -3.95. The second-order valence-corrected chi connectivity index (χ2v) is 24.1. The van der Waals surface area contributed by atoms with E-state index in [-0.39, 0.29) is 48.4 Å². The van der Waals surface area contributed by atoms with E-state index >= 15 is 0 Å². The first-order chi connectivity index (χ1) is 27.3. The van der Waals surface area contributed by atoms with Crippen molar-refractivity contribution in [2.75, 3.05) is 0 Å². The van der Waals surface area contributed by atoms with Crippen LogP contribution in [0.5, 0.6) is 0 Å². The summed E-state index contributed by atoms with van der Waals surface area (Å²) < 4.78 is 0. The second kappa shape index (κ2) is 24.9. The molecule has 58 heavy (non-hydrogen) atoms. The molecule has 0 heterocycles. The molecule has 0 aliphatic heterocycles. The molecule has 0 aliphatic carbocycles. The first-order valence-electron chi connectivity index (χ1n) is 19.0. The molecule has 4 nitrogen and oxygen atoms in total. The van der Waals surface area contributed by atoms with Gasteiger partial charge in [-0.2, -0.15) is 0 Å². The molecule has 0 amide bonds. The van der Waals surface area contributed by atoms with Crippen molar-refractivity contribution in [3.05, 3.63) is 200 Å². The number of hydrogen-bond acceptors (Lipinski definition) is 4. The molecule has 0 saturated carbocycles. The molecule has 0 unspecified atom stereocenters. The monoisotopic (exact) mass is 978 g/mol. The fourth-order valence-corrected chi connectivity index (χ4v) is 10.5. The topological polar surface area (TPSA) is 70.8 Å². The molecule has 0 spiro atoms. The predicted molar refractivity (Wildman–Crippen MR) is 252 cm³/mol. The van der Waals surface area contributed by atoms with E-state index in [9.17, 15) is 10.2 Å². The summed E-state index contributed by atoms with van der Waals surface area (Å²) in [4.78, 5) is 9.46. The minimum atomic E-state index is -0.861. The van der Waals surface area contributed by atoms with Crippen molar-refractivity contribution in [3.63, 3.8) is 0 Å². The zero-order valence-corrected chi connectivity index (χ0v) is 38.8. The van der Waals surface area contributed by atoms with E-state index in [1.54, 1.807) is 26.0 Å². The minimum Gasteiger partial charge on any atom is -0.876 e. The van der Waals surface area contributed by atoms with Gasteiger partial charge in [-0.3, -0.25) is 9.98 Å². The van der Waals surface area contributed by atoms with Gasteiger partial charge >= 0.3 is 36.9 Å². The normalized spacial score (nSPS) is 12.2. The summed E-state index contributed by atoms with van der Waals surface area (Å²) in [6.07, 6.45) is 3.15. The smallest absolute Gasteiger partial charge is 0.876 e. The van der Waals surface area contributed by atoms with Crippen molar-refractivity contribution < 1.29 is 47.1 Å². The van der Waals surface area contributed by atoms with Gasteiger partial charge in [0, 0.05) is 22.0 Å². The van der Waals surface area contributed by atoms with Gasteiger partial charge in [0.2, 0.25) is 0 Å². The van der Waals surface area contributed by atoms with Crippen molar-refractivity contribution in [1.82, 2.24) is 0 Å². The third-order valence-electron chi connectivity index (χ3n) is 7.72. The van der Waals surface area contributed by atoms with Gasteiger partial charge in [-0.25, -0.2) is 0 Å². The van der Waals surface area contributed by atoms with Crippen LogP contribution in [0.25, 0.3) is 0 Å². The third kappa shape index (κ3) is 16.7. The number of aliphatic imine (C=N–C) groups is 2. The summed E-state index contributed by atoms with van der Waals surface area (Å²) in [6.45, 7) is 17.4. The van der Waals surface area contributed by atoms with E-state index in [0.29, 0.717) is 0 Å². The van der Waals surface area contributed by atoms with Crippen LogP contribution in [0, 0.1) is 43.4 Å². The van der Waals surface area contributed by atoms with Gasteiger partial charge in [0.25, 0.3) is 0 Å². The van der Waals surface area contributed by atoms with E-state index in [1.165, 1.54) is 31.8 Å². The summed E-state index contributed by atoms with van der Waals surface area (Å²) in [7, 11) is -2.31. The van der Waals surface area contributed by atoms with Crippen LogP contribution in [0.3, 0.4) is 0 Å². The molecule has 0 N–H and O–H groups in total. The van der Waals surface area contributed by atoms with E-state index in [2.05, 4.69) is 148 Å². The Balaban J connectivity index is 0.000000274. The number of allylic oxidation sites excluding steroid dienone is 4. The summed E-state index contributed by atoms with van der Waals surface area (Å²) in [5.74, 6) is 0.0224. The van der Waals surface area contributed by atoms with Crippen LogP contribution in [0.1, 0.15) is 27.7 Å². The summed E-state index contributed by atoms with van der Waals surface area (Å²) >= 11 is 0. The van der Waals surface area contributed by atoms with E-state index in [0.717, 1.165) is 22.8 Å². The average molecular weight is 979 g/mol. The molecule has 0 aliphatic rings. The molecule has 0 fully saturated rings. The van der Waals surface area contributed by atoms with Gasteiger partial charge in [0.1, 0.15) is 0 Å². The van der Waals surface area contributed by atoms with Crippen LogP contribution in [0.15, 0.2) is 204 Å². The molecule has 6 rings (SSSR count). The molecular weight excluding hydrogens is 926 g/mol. The number of nitrogens with zero attached hydrogens (tertiary/aromatic N) is 2. The SMILES string of the molecule is CC(/C=C(/C)[O-])=Nc1ccccc1P(c1ccccc1)c1ccccc1.CC(/C=C(/C)[O-])=Nc1ccccc1P(c1ccccc1)c1ccccc1.[CH2-][Si](C)(C)C.[Lu+3]. The number of benzene rings is 6. The zero-order valence-electron chi connectivity index (χ0n) is 34.4. The standard InChI is InChI=1S/2C23H22NOP.C4H11Si.Lu/c2*1-18(17-19(2)25)24-22-15-9-10-16-23(22)26(20-11-5-3-6-12-20)21-13-7-4-8-14-21;1-5(2,3)4;/h2*3-17,25H,1-2H3;1H2,2-4H3;/q;;-1;+3/p-2/b2*19-17-,24-18?;;. The maximum atomic E-state index is 11.4. The van der Waals surface area contributed by atoms with Crippen LogP contribution in [0.2, 0.25) is 19.6 Å². The zero-order chi connectivity index (χ0) is 41.2. The van der Waals surface area contributed by atoms with Crippen LogP contribution < -0.4 is 42.0 Å². The Labute approximate surface area is 380 Å². The van der Waals surface area contributed by atoms with Gasteiger partial charge in [-0.05, 0) is 63.0 Å². The van der Waals surface area contributed by atoms with Crippen LogP contribution >= 0.6 is 15.8 Å². The van der Waals surface area contributed by atoms with E-state index in [4.69, 9.17) is 9.98 Å².